The Morgan fingerprint density at radius 2 is 1.95 bits per heavy atom. The molecule has 0 radical (unpaired) electrons. The number of nitrogens with two attached hydrogens (primary N) is 1. The topological polar surface area (TPSA) is 59.0 Å². The summed E-state index contributed by atoms with van der Waals surface area (Å²) in [5.41, 5.74) is 7.04. The fraction of sp³-hybridized carbons (Fsp3) is 0.188. The molecule has 0 spiro atoms. The Balaban J connectivity index is 2.26. The van der Waals surface area contributed by atoms with Crippen LogP contribution in [0.15, 0.2) is 42.5 Å². The van der Waals surface area contributed by atoms with E-state index in [9.17, 15) is 4.39 Å². The molecule has 0 heterocycles. The molecule has 1 atom stereocenters. The Bertz CT molecular complexity index is 630. The van der Waals surface area contributed by atoms with Gasteiger partial charge in [0.1, 0.15) is 17.3 Å². The number of hydrogen-bond donors (Lipinski definition) is 1. The summed E-state index contributed by atoms with van der Waals surface area (Å²) in [6, 6.07) is 13.4. The van der Waals surface area contributed by atoms with E-state index in [4.69, 9.17) is 15.7 Å². The van der Waals surface area contributed by atoms with Crippen molar-refractivity contribution < 1.29 is 9.13 Å². The summed E-state index contributed by atoms with van der Waals surface area (Å²) in [5.74, 6) is 0.617. The molecule has 0 amide bonds. The van der Waals surface area contributed by atoms with Crippen LogP contribution in [0.25, 0.3) is 0 Å². The van der Waals surface area contributed by atoms with Gasteiger partial charge in [0.25, 0.3) is 0 Å². The molecule has 0 aliphatic carbocycles. The van der Waals surface area contributed by atoms with Crippen LogP contribution in [0.3, 0.4) is 0 Å². The lowest BCUT2D eigenvalue weighted by atomic mass is 10.1. The van der Waals surface area contributed by atoms with E-state index in [1.165, 1.54) is 6.07 Å². The van der Waals surface area contributed by atoms with Gasteiger partial charge in [-0.3, -0.25) is 0 Å². The zero-order chi connectivity index (χ0) is 14.5. The van der Waals surface area contributed by atoms with E-state index in [2.05, 4.69) is 6.07 Å². The maximum atomic E-state index is 13.8. The number of halogens is 1. The van der Waals surface area contributed by atoms with Gasteiger partial charge in [-0.15, -0.1) is 0 Å². The minimum Gasteiger partial charge on any atom is -0.457 e. The first kappa shape index (κ1) is 14.0. The third-order valence-electron chi connectivity index (χ3n) is 2.90. The van der Waals surface area contributed by atoms with Crippen LogP contribution in [0.1, 0.15) is 24.1 Å². The highest BCUT2D eigenvalue weighted by molar-refractivity contribution is 5.41. The zero-order valence-corrected chi connectivity index (χ0v) is 11.1. The Morgan fingerprint density at radius 3 is 2.55 bits per heavy atom. The third kappa shape index (κ3) is 3.14. The molecule has 0 aliphatic heterocycles. The molecule has 0 unspecified atom stereocenters. The molecule has 0 aliphatic rings. The molecule has 102 valence electrons. The van der Waals surface area contributed by atoms with Crippen molar-refractivity contribution in [2.75, 3.05) is 0 Å². The van der Waals surface area contributed by atoms with Crippen molar-refractivity contribution in [3.63, 3.8) is 0 Å². The Hall–Kier alpha value is -2.38. The van der Waals surface area contributed by atoms with Gasteiger partial charge in [0.2, 0.25) is 0 Å². The van der Waals surface area contributed by atoms with Crippen molar-refractivity contribution in [2.45, 2.75) is 19.4 Å². The summed E-state index contributed by atoms with van der Waals surface area (Å²) < 4.78 is 19.5. The SMILES string of the molecule is C[C@H](N)c1c(F)cccc1Oc1ccc(CC#N)cc1. The molecule has 2 aromatic carbocycles. The number of benzene rings is 2. The van der Waals surface area contributed by atoms with Crippen molar-refractivity contribution in [1.82, 2.24) is 0 Å². The highest BCUT2D eigenvalue weighted by atomic mass is 19.1. The van der Waals surface area contributed by atoms with Crippen LogP contribution in [0.5, 0.6) is 11.5 Å². The van der Waals surface area contributed by atoms with Crippen molar-refractivity contribution in [1.29, 1.82) is 5.26 Å². The van der Waals surface area contributed by atoms with Crippen LogP contribution >= 0.6 is 0 Å². The second-order valence-electron chi connectivity index (χ2n) is 4.52. The lowest BCUT2D eigenvalue weighted by Gasteiger charge is -2.14. The summed E-state index contributed by atoms with van der Waals surface area (Å²) in [7, 11) is 0. The van der Waals surface area contributed by atoms with Crippen LogP contribution < -0.4 is 10.5 Å². The molecule has 0 aromatic heterocycles. The molecule has 0 fully saturated rings. The molecule has 0 saturated heterocycles. The first-order valence-electron chi connectivity index (χ1n) is 6.29. The maximum absolute atomic E-state index is 13.8. The average molecular weight is 270 g/mol. The minimum atomic E-state index is -0.455. The number of nitrogens with zero attached hydrogens (tertiary/aromatic N) is 1. The zero-order valence-electron chi connectivity index (χ0n) is 11.1. The van der Waals surface area contributed by atoms with E-state index in [0.717, 1.165) is 5.56 Å². The van der Waals surface area contributed by atoms with Gasteiger partial charge in [-0.1, -0.05) is 18.2 Å². The van der Waals surface area contributed by atoms with Crippen LogP contribution in [-0.4, -0.2) is 0 Å². The molecule has 20 heavy (non-hydrogen) atoms. The molecule has 0 saturated carbocycles. The molecule has 4 heteroatoms. The molecular formula is C16H15FN2O. The monoisotopic (exact) mass is 270 g/mol. The summed E-state index contributed by atoms with van der Waals surface area (Å²) in [6.07, 6.45) is 0.353. The molecule has 2 aromatic rings. The first-order valence-corrected chi connectivity index (χ1v) is 6.29. The van der Waals surface area contributed by atoms with Crippen LogP contribution in [0.4, 0.5) is 4.39 Å². The van der Waals surface area contributed by atoms with Crippen molar-refractivity contribution in [2.24, 2.45) is 5.73 Å². The summed E-state index contributed by atoms with van der Waals surface area (Å²) in [6.45, 7) is 1.71. The van der Waals surface area contributed by atoms with E-state index in [-0.39, 0.29) is 5.82 Å². The number of hydrogen-bond acceptors (Lipinski definition) is 3. The third-order valence-corrected chi connectivity index (χ3v) is 2.90. The van der Waals surface area contributed by atoms with E-state index in [0.29, 0.717) is 23.5 Å². The van der Waals surface area contributed by atoms with E-state index < -0.39 is 6.04 Å². The largest absolute Gasteiger partial charge is 0.457 e. The van der Waals surface area contributed by atoms with Crippen molar-refractivity contribution in [3.05, 3.63) is 59.4 Å². The van der Waals surface area contributed by atoms with Gasteiger partial charge in [-0.25, -0.2) is 4.39 Å². The Labute approximate surface area is 117 Å². The standard InChI is InChI=1S/C16H15FN2O/c1-11(19)16-14(17)3-2-4-15(16)20-13-7-5-12(6-8-13)9-10-18/h2-8,11H,9,19H2,1H3/t11-/m0/s1. The fourth-order valence-electron chi connectivity index (χ4n) is 1.94. The van der Waals surface area contributed by atoms with Gasteiger partial charge in [-0.05, 0) is 36.8 Å². The van der Waals surface area contributed by atoms with Crippen molar-refractivity contribution >= 4 is 0 Å². The Morgan fingerprint density at radius 1 is 1.25 bits per heavy atom. The second kappa shape index (κ2) is 6.18. The number of rotatable bonds is 4. The maximum Gasteiger partial charge on any atom is 0.135 e. The van der Waals surface area contributed by atoms with Crippen LogP contribution in [-0.2, 0) is 6.42 Å². The number of nitriles is 1. The minimum absolute atomic E-state index is 0.353. The average Bonchev–Trinajstić information content (AvgIpc) is 2.41. The van der Waals surface area contributed by atoms with E-state index >= 15 is 0 Å². The van der Waals surface area contributed by atoms with Gasteiger partial charge < -0.3 is 10.5 Å². The molecule has 2 N–H and O–H groups in total. The van der Waals surface area contributed by atoms with E-state index in [1.807, 2.05) is 12.1 Å². The van der Waals surface area contributed by atoms with Crippen LogP contribution in [0, 0.1) is 17.1 Å². The van der Waals surface area contributed by atoms with Gasteiger partial charge in [-0.2, -0.15) is 5.26 Å². The van der Waals surface area contributed by atoms with Crippen molar-refractivity contribution in [3.8, 4) is 17.6 Å². The predicted octanol–water partition coefficient (Wildman–Crippen LogP) is 3.70. The molecule has 3 nitrogen and oxygen atoms in total. The van der Waals surface area contributed by atoms with Gasteiger partial charge in [0.05, 0.1) is 12.5 Å². The highest BCUT2D eigenvalue weighted by Gasteiger charge is 2.14. The van der Waals surface area contributed by atoms with Gasteiger partial charge >= 0.3 is 0 Å². The molecular weight excluding hydrogens is 255 g/mol. The van der Waals surface area contributed by atoms with E-state index in [1.54, 1.807) is 31.2 Å². The predicted molar refractivity (Wildman–Crippen MR) is 74.8 cm³/mol. The van der Waals surface area contributed by atoms with Gasteiger partial charge in [0.15, 0.2) is 0 Å². The fourth-order valence-corrected chi connectivity index (χ4v) is 1.94. The normalized spacial score (nSPS) is 11.7. The second-order valence-corrected chi connectivity index (χ2v) is 4.52. The molecule has 0 bridgehead atoms. The first-order chi connectivity index (χ1) is 9.61. The smallest absolute Gasteiger partial charge is 0.135 e. The summed E-state index contributed by atoms with van der Waals surface area (Å²) in [4.78, 5) is 0. The Kier molecular flexibility index (Phi) is 4.34. The quantitative estimate of drug-likeness (QED) is 0.921. The lowest BCUT2D eigenvalue weighted by molar-refractivity contribution is 0.460. The van der Waals surface area contributed by atoms with Crippen LogP contribution in [0.2, 0.25) is 0 Å². The van der Waals surface area contributed by atoms with Gasteiger partial charge in [0, 0.05) is 11.6 Å². The molecule has 2 rings (SSSR count). The highest BCUT2D eigenvalue weighted by Crippen LogP contribution is 2.30. The number of ether oxygens (including phenoxy) is 1. The summed E-state index contributed by atoms with van der Waals surface area (Å²) in [5, 5.41) is 8.62. The lowest BCUT2D eigenvalue weighted by Crippen LogP contribution is -2.09. The summed E-state index contributed by atoms with van der Waals surface area (Å²) >= 11 is 0.